The third-order valence-corrected chi connectivity index (χ3v) is 5.08. The van der Waals surface area contributed by atoms with Crippen LogP contribution in [-0.2, 0) is 11.2 Å². The summed E-state index contributed by atoms with van der Waals surface area (Å²) in [6.07, 6.45) is 1.62. The van der Waals surface area contributed by atoms with Gasteiger partial charge in [0.15, 0.2) is 0 Å². The molecule has 0 N–H and O–H groups in total. The predicted octanol–water partition coefficient (Wildman–Crippen LogP) is 3.70. The van der Waals surface area contributed by atoms with Crippen molar-refractivity contribution in [3.8, 4) is 0 Å². The smallest absolute Gasteiger partial charge is 0.228 e. The maximum absolute atomic E-state index is 12.4. The first-order valence-corrected chi connectivity index (χ1v) is 8.00. The van der Waals surface area contributed by atoms with Crippen LogP contribution in [0.3, 0.4) is 0 Å². The molecule has 104 valence electrons. The summed E-state index contributed by atoms with van der Waals surface area (Å²) in [5.74, 6) is 0.738. The van der Waals surface area contributed by atoms with E-state index in [2.05, 4.69) is 36.1 Å². The number of rotatable bonds is 3. The van der Waals surface area contributed by atoms with Crippen LogP contribution in [0.1, 0.15) is 29.7 Å². The highest BCUT2D eigenvalue weighted by Crippen LogP contribution is 2.33. The van der Waals surface area contributed by atoms with Crippen molar-refractivity contribution < 1.29 is 4.79 Å². The lowest BCUT2D eigenvalue weighted by atomic mass is 9.93. The first-order valence-electron chi connectivity index (χ1n) is 7.12. The van der Waals surface area contributed by atoms with Gasteiger partial charge in [-0.1, -0.05) is 36.4 Å². The number of thiophene rings is 1. The lowest BCUT2D eigenvalue weighted by Gasteiger charge is -2.25. The number of hydrogen-bond acceptors (Lipinski definition) is 2. The second-order valence-corrected chi connectivity index (χ2v) is 6.42. The van der Waals surface area contributed by atoms with Crippen LogP contribution in [0.15, 0.2) is 47.8 Å². The van der Waals surface area contributed by atoms with E-state index < -0.39 is 0 Å². The van der Waals surface area contributed by atoms with E-state index >= 15 is 0 Å². The number of likely N-dealkylation sites (tertiary alicyclic amines) is 1. The summed E-state index contributed by atoms with van der Waals surface area (Å²) < 4.78 is 0. The third kappa shape index (κ3) is 2.63. The molecule has 20 heavy (non-hydrogen) atoms. The average Bonchev–Trinajstić information content (AvgIpc) is 3.09. The molecule has 2 aromatic rings. The van der Waals surface area contributed by atoms with E-state index in [1.807, 2.05) is 23.6 Å². The second kappa shape index (κ2) is 5.80. The Morgan fingerprint density at radius 1 is 1.25 bits per heavy atom. The van der Waals surface area contributed by atoms with Crippen LogP contribution in [0.4, 0.5) is 0 Å². The van der Waals surface area contributed by atoms with E-state index in [4.69, 9.17) is 0 Å². The second-order valence-electron chi connectivity index (χ2n) is 5.39. The van der Waals surface area contributed by atoms with E-state index in [9.17, 15) is 4.79 Å². The fourth-order valence-corrected chi connectivity index (χ4v) is 3.80. The Kier molecular flexibility index (Phi) is 3.88. The maximum atomic E-state index is 12.4. The van der Waals surface area contributed by atoms with E-state index in [-0.39, 0.29) is 5.91 Å². The number of benzene rings is 1. The molecule has 1 saturated heterocycles. The first-order chi connectivity index (χ1) is 9.75. The predicted molar refractivity (Wildman–Crippen MR) is 83.0 cm³/mol. The molecule has 1 aliphatic rings. The lowest BCUT2D eigenvalue weighted by molar-refractivity contribution is -0.131. The van der Waals surface area contributed by atoms with Crippen molar-refractivity contribution in [2.75, 3.05) is 6.54 Å². The van der Waals surface area contributed by atoms with Gasteiger partial charge in [-0.2, -0.15) is 0 Å². The monoisotopic (exact) mass is 285 g/mol. The van der Waals surface area contributed by atoms with Crippen LogP contribution in [0.25, 0.3) is 0 Å². The zero-order valence-electron chi connectivity index (χ0n) is 11.7. The topological polar surface area (TPSA) is 20.3 Å². The molecule has 2 unspecified atom stereocenters. The van der Waals surface area contributed by atoms with E-state index in [0.29, 0.717) is 18.4 Å². The Bertz CT molecular complexity index is 564. The molecule has 1 fully saturated rings. The molecule has 2 nitrogen and oxygen atoms in total. The average molecular weight is 285 g/mol. The fourth-order valence-electron chi connectivity index (χ4n) is 3.10. The molecule has 1 amide bonds. The number of amides is 1. The van der Waals surface area contributed by atoms with E-state index in [1.165, 1.54) is 5.56 Å². The summed E-state index contributed by atoms with van der Waals surface area (Å²) in [6.45, 7) is 3.06. The Balaban J connectivity index is 1.69. The highest BCUT2D eigenvalue weighted by atomic mass is 32.1. The van der Waals surface area contributed by atoms with Crippen molar-refractivity contribution >= 4 is 17.2 Å². The molecule has 2 heterocycles. The fraction of sp³-hybridized carbons (Fsp3) is 0.353. The summed E-state index contributed by atoms with van der Waals surface area (Å²) in [5, 5.41) is 2.03. The number of carbonyl (C=O) groups excluding carboxylic acids is 1. The van der Waals surface area contributed by atoms with Gasteiger partial charge in [-0.3, -0.25) is 4.79 Å². The van der Waals surface area contributed by atoms with Crippen molar-refractivity contribution in [2.24, 2.45) is 0 Å². The van der Waals surface area contributed by atoms with Crippen molar-refractivity contribution in [3.05, 3.63) is 58.3 Å². The molecule has 2 atom stereocenters. The first kappa shape index (κ1) is 13.4. The van der Waals surface area contributed by atoms with Gasteiger partial charge in [0.1, 0.15) is 0 Å². The molecule has 0 saturated carbocycles. The molecule has 0 aliphatic carbocycles. The van der Waals surface area contributed by atoms with Gasteiger partial charge in [0.05, 0.1) is 6.42 Å². The molecule has 1 aromatic heterocycles. The minimum absolute atomic E-state index is 0.262. The molecule has 3 rings (SSSR count). The molecular formula is C17H19NOS. The van der Waals surface area contributed by atoms with Gasteiger partial charge in [0, 0.05) is 23.4 Å². The molecular weight excluding hydrogens is 266 g/mol. The summed E-state index contributed by atoms with van der Waals surface area (Å²) in [7, 11) is 0. The van der Waals surface area contributed by atoms with Crippen molar-refractivity contribution in [3.63, 3.8) is 0 Å². The highest BCUT2D eigenvalue weighted by molar-refractivity contribution is 7.10. The van der Waals surface area contributed by atoms with Crippen molar-refractivity contribution in [1.29, 1.82) is 0 Å². The summed E-state index contributed by atoms with van der Waals surface area (Å²) >= 11 is 1.66. The molecule has 1 aromatic carbocycles. The molecule has 0 radical (unpaired) electrons. The Morgan fingerprint density at radius 2 is 2.05 bits per heavy atom. The van der Waals surface area contributed by atoms with Gasteiger partial charge in [0.2, 0.25) is 5.91 Å². The van der Waals surface area contributed by atoms with Gasteiger partial charge < -0.3 is 4.90 Å². The van der Waals surface area contributed by atoms with Gasteiger partial charge in [-0.05, 0) is 30.4 Å². The maximum Gasteiger partial charge on any atom is 0.228 e. The molecule has 0 bridgehead atoms. The van der Waals surface area contributed by atoms with Gasteiger partial charge in [-0.25, -0.2) is 0 Å². The standard InChI is InChI=1S/C17H19NOS/c1-13-16(14-6-3-2-4-7-14)9-10-18(13)17(19)12-15-8-5-11-20-15/h2-8,11,13,16H,9-10,12H2,1H3. The number of nitrogens with zero attached hydrogens (tertiary/aromatic N) is 1. The van der Waals surface area contributed by atoms with Crippen molar-refractivity contribution in [1.82, 2.24) is 4.90 Å². The van der Waals surface area contributed by atoms with Gasteiger partial charge in [0.25, 0.3) is 0 Å². The number of carbonyl (C=O) groups is 1. The zero-order valence-corrected chi connectivity index (χ0v) is 12.5. The molecule has 3 heteroatoms. The van der Waals surface area contributed by atoms with E-state index in [1.54, 1.807) is 11.3 Å². The molecule has 1 aliphatic heterocycles. The van der Waals surface area contributed by atoms with E-state index in [0.717, 1.165) is 17.8 Å². The summed E-state index contributed by atoms with van der Waals surface area (Å²) in [6, 6.07) is 14.9. The summed E-state index contributed by atoms with van der Waals surface area (Å²) in [4.78, 5) is 15.6. The van der Waals surface area contributed by atoms with Crippen molar-refractivity contribution in [2.45, 2.75) is 31.7 Å². The SMILES string of the molecule is CC1C(c2ccccc2)CCN1C(=O)Cc1cccs1. The Hall–Kier alpha value is -1.61. The third-order valence-electron chi connectivity index (χ3n) is 4.21. The normalized spacial score (nSPS) is 22.1. The Morgan fingerprint density at radius 3 is 2.75 bits per heavy atom. The van der Waals surface area contributed by atoms with Crippen LogP contribution >= 0.6 is 11.3 Å². The highest BCUT2D eigenvalue weighted by Gasteiger charge is 2.34. The quantitative estimate of drug-likeness (QED) is 0.842. The van der Waals surface area contributed by atoms with Gasteiger partial charge >= 0.3 is 0 Å². The minimum Gasteiger partial charge on any atom is -0.339 e. The molecule has 0 spiro atoms. The van der Waals surface area contributed by atoms with Crippen LogP contribution in [-0.4, -0.2) is 23.4 Å². The van der Waals surface area contributed by atoms with Crippen LogP contribution < -0.4 is 0 Å². The Labute approximate surface area is 124 Å². The van der Waals surface area contributed by atoms with Crippen LogP contribution in [0, 0.1) is 0 Å². The largest absolute Gasteiger partial charge is 0.339 e. The van der Waals surface area contributed by atoms with Gasteiger partial charge in [-0.15, -0.1) is 11.3 Å². The summed E-state index contributed by atoms with van der Waals surface area (Å²) in [5.41, 5.74) is 1.35. The van der Waals surface area contributed by atoms with Crippen LogP contribution in [0.2, 0.25) is 0 Å². The van der Waals surface area contributed by atoms with Crippen LogP contribution in [0.5, 0.6) is 0 Å². The zero-order chi connectivity index (χ0) is 13.9. The lowest BCUT2D eigenvalue weighted by Crippen LogP contribution is -2.36. The number of hydrogen-bond donors (Lipinski definition) is 0. The minimum atomic E-state index is 0.262.